The second-order valence-corrected chi connectivity index (χ2v) is 8.09. The van der Waals surface area contributed by atoms with E-state index in [4.69, 9.17) is 10.3 Å². The lowest BCUT2D eigenvalue weighted by atomic mass is 9.99. The number of hydrogen-bond acceptors (Lipinski definition) is 6. The Morgan fingerprint density at radius 2 is 2.09 bits per heavy atom. The number of primary amides is 1. The molecule has 0 spiro atoms. The maximum Gasteiger partial charge on any atom is 0.434 e. The number of nitrogens with two attached hydrogens (primary N) is 1. The Balaban J connectivity index is 1.64. The molecule has 1 aromatic carbocycles. The lowest BCUT2D eigenvalue weighted by Crippen LogP contribution is -2.20. The van der Waals surface area contributed by atoms with Gasteiger partial charge in [-0.3, -0.25) is 9.36 Å². The zero-order chi connectivity index (χ0) is 23.7. The first-order valence-electron chi connectivity index (χ1n) is 9.86. The summed E-state index contributed by atoms with van der Waals surface area (Å²) < 4.78 is 47.2. The van der Waals surface area contributed by atoms with Gasteiger partial charge in [-0.15, -0.1) is 0 Å². The van der Waals surface area contributed by atoms with Crippen molar-refractivity contribution in [3.8, 4) is 23.2 Å². The summed E-state index contributed by atoms with van der Waals surface area (Å²) in [6.07, 6.45) is -2.86. The van der Waals surface area contributed by atoms with Crippen LogP contribution in [0.4, 0.5) is 13.2 Å². The summed E-state index contributed by atoms with van der Waals surface area (Å²) in [6, 6.07) is 5.05. The number of aryl methyl sites for hydroxylation is 1. The van der Waals surface area contributed by atoms with E-state index in [2.05, 4.69) is 27.0 Å². The Bertz CT molecular complexity index is 1420. The fourth-order valence-electron chi connectivity index (χ4n) is 3.86. The van der Waals surface area contributed by atoms with Crippen LogP contribution in [0.1, 0.15) is 58.3 Å². The number of carbonyl (C=O) groups excluding carboxylic acids is 1. The van der Waals surface area contributed by atoms with Crippen LogP contribution in [0.2, 0.25) is 0 Å². The fraction of sp³-hybridized carbons (Fsp3) is 0.273. The molecule has 5 rings (SSSR count). The predicted molar refractivity (Wildman–Crippen MR) is 108 cm³/mol. The number of benzene rings is 1. The first kappa shape index (κ1) is 21.0. The van der Waals surface area contributed by atoms with E-state index < -0.39 is 29.1 Å². The zero-order valence-corrected chi connectivity index (χ0v) is 17.4. The molecule has 3 heterocycles. The quantitative estimate of drug-likeness (QED) is 0.574. The highest BCUT2D eigenvalue weighted by molar-refractivity contribution is 5.94. The van der Waals surface area contributed by atoms with Crippen LogP contribution in [0, 0.1) is 18.8 Å². The van der Waals surface area contributed by atoms with Gasteiger partial charge in [0.05, 0.1) is 0 Å². The van der Waals surface area contributed by atoms with Gasteiger partial charge in [-0.25, -0.2) is 4.98 Å². The van der Waals surface area contributed by atoms with E-state index in [1.807, 2.05) is 0 Å². The van der Waals surface area contributed by atoms with Crippen molar-refractivity contribution in [3.63, 3.8) is 0 Å². The van der Waals surface area contributed by atoms with Crippen molar-refractivity contribution >= 4 is 12.1 Å². The number of fused-ring (bicyclic) bond motifs is 5. The molecule has 2 aliphatic rings. The number of aromatic nitrogens is 4. The molecule has 1 aliphatic carbocycles. The lowest BCUT2D eigenvalue weighted by Gasteiger charge is -2.12. The van der Waals surface area contributed by atoms with E-state index in [0.717, 1.165) is 15.7 Å². The molecular formula is C22H16F3N5O3. The van der Waals surface area contributed by atoms with Gasteiger partial charge in [-0.05, 0) is 36.6 Å². The number of aliphatic hydroxyl groups is 1. The van der Waals surface area contributed by atoms with Gasteiger partial charge in [-0.1, -0.05) is 23.1 Å². The van der Waals surface area contributed by atoms with Crippen LogP contribution in [-0.4, -0.2) is 30.7 Å². The standard InChI is InChI=1S/C22H16F3N5O3/c1-10-27-20(29-33-10)21(2,32)6-5-11-3-4-13-14-8-12(14)9-30-17(22(23,24)25)16(18(26)31)28-19(30)15(13)7-11/h3-4,7,9,14,32H,8H2,1-2H3,(H2,26,31)/t14?,21-/m1/s1. The minimum absolute atomic E-state index is 0.00876. The monoisotopic (exact) mass is 455 g/mol. The van der Waals surface area contributed by atoms with Gasteiger partial charge in [0.15, 0.2) is 17.0 Å². The van der Waals surface area contributed by atoms with Crippen molar-refractivity contribution in [3.05, 3.63) is 58.0 Å². The first-order valence-corrected chi connectivity index (χ1v) is 9.86. The number of halogens is 3. The highest BCUT2D eigenvalue weighted by Crippen LogP contribution is 2.53. The van der Waals surface area contributed by atoms with Gasteiger partial charge in [0.1, 0.15) is 5.82 Å². The van der Waals surface area contributed by atoms with Crippen molar-refractivity contribution in [1.82, 2.24) is 19.7 Å². The minimum Gasteiger partial charge on any atom is -0.371 e. The summed E-state index contributed by atoms with van der Waals surface area (Å²) in [5, 5.41) is 14.3. The summed E-state index contributed by atoms with van der Waals surface area (Å²) in [5.41, 5.74) is 3.84. The third kappa shape index (κ3) is 3.48. The van der Waals surface area contributed by atoms with Gasteiger partial charge < -0.3 is 15.4 Å². The van der Waals surface area contributed by atoms with Gasteiger partial charge >= 0.3 is 6.18 Å². The topological polar surface area (TPSA) is 120 Å². The van der Waals surface area contributed by atoms with Crippen LogP contribution >= 0.6 is 0 Å². The molecule has 2 atom stereocenters. The summed E-state index contributed by atoms with van der Waals surface area (Å²) in [6.45, 7) is 2.97. The van der Waals surface area contributed by atoms with Crippen molar-refractivity contribution < 1.29 is 27.6 Å². The minimum atomic E-state index is -4.83. The molecule has 3 aromatic rings. The Hall–Kier alpha value is -3.91. The molecule has 1 unspecified atom stereocenters. The normalized spacial score (nSPS) is 18.0. The Morgan fingerprint density at radius 1 is 1.33 bits per heavy atom. The Morgan fingerprint density at radius 3 is 2.73 bits per heavy atom. The highest BCUT2D eigenvalue weighted by Gasteiger charge is 2.44. The van der Waals surface area contributed by atoms with Crippen molar-refractivity contribution in [1.29, 1.82) is 0 Å². The third-order valence-corrected chi connectivity index (χ3v) is 5.52. The van der Waals surface area contributed by atoms with E-state index in [1.54, 1.807) is 25.1 Å². The maximum atomic E-state index is 13.8. The second kappa shape index (κ2) is 6.79. The van der Waals surface area contributed by atoms with Gasteiger partial charge in [0.2, 0.25) is 11.7 Å². The summed E-state index contributed by atoms with van der Waals surface area (Å²) in [4.78, 5) is 19.7. The average molecular weight is 455 g/mol. The Labute approximate surface area is 184 Å². The number of rotatable bonds is 2. The van der Waals surface area contributed by atoms with Crippen LogP contribution in [-0.2, 0) is 11.8 Å². The number of allylic oxidation sites excluding steroid dienone is 1. The Kier molecular flexibility index (Phi) is 4.31. The van der Waals surface area contributed by atoms with Crippen LogP contribution in [0.5, 0.6) is 0 Å². The molecule has 11 heteroatoms. The van der Waals surface area contributed by atoms with Gasteiger partial charge in [0, 0.05) is 30.2 Å². The molecule has 1 aliphatic heterocycles. The van der Waals surface area contributed by atoms with Crippen molar-refractivity contribution in [2.24, 2.45) is 5.73 Å². The molecule has 1 amide bonds. The fourth-order valence-corrected chi connectivity index (χ4v) is 3.86. The number of alkyl halides is 3. The van der Waals surface area contributed by atoms with Crippen molar-refractivity contribution in [2.45, 2.75) is 38.0 Å². The smallest absolute Gasteiger partial charge is 0.371 e. The molecular weight excluding hydrogens is 439 g/mol. The molecule has 1 fully saturated rings. The lowest BCUT2D eigenvalue weighted by molar-refractivity contribution is -0.142. The molecule has 0 bridgehead atoms. The van der Waals surface area contributed by atoms with Crippen LogP contribution in [0.25, 0.3) is 17.6 Å². The number of nitrogens with zero attached hydrogens (tertiary/aromatic N) is 4. The molecule has 0 saturated heterocycles. The van der Waals surface area contributed by atoms with Crippen LogP contribution in [0.3, 0.4) is 0 Å². The molecule has 33 heavy (non-hydrogen) atoms. The maximum absolute atomic E-state index is 13.8. The molecule has 0 radical (unpaired) electrons. The number of imidazole rings is 1. The summed E-state index contributed by atoms with van der Waals surface area (Å²) >= 11 is 0. The van der Waals surface area contributed by atoms with E-state index in [1.165, 1.54) is 13.1 Å². The average Bonchev–Trinajstić information content (AvgIpc) is 3.17. The molecule has 1 saturated carbocycles. The predicted octanol–water partition coefficient (Wildman–Crippen LogP) is 2.96. The van der Waals surface area contributed by atoms with E-state index >= 15 is 0 Å². The highest BCUT2D eigenvalue weighted by atomic mass is 19.4. The van der Waals surface area contributed by atoms with Gasteiger partial charge in [0.25, 0.3) is 5.91 Å². The second-order valence-electron chi connectivity index (χ2n) is 8.09. The molecule has 168 valence electrons. The van der Waals surface area contributed by atoms with Crippen LogP contribution in [0.15, 0.2) is 28.3 Å². The first-order chi connectivity index (χ1) is 15.5. The summed E-state index contributed by atoms with van der Waals surface area (Å²) in [5.74, 6) is 4.38. The van der Waals surface area contributed by atoms with E-state index in [-0.39, 0.29) is 23.5 Å². The largest absolute Gasteiger partial charge is 0.434 e. The van der Waals surface area contributed by atoms with Gasteiger partial charge in [-0.2, -0.15) is 18.2 Å². The third-order valence-electron chi connectivity index (χ3n) is 5.52. The van der Waals surface area contributed by atoms with E-state index in [9.17, 15) is 23.1 Å². The zero-order valence-electron chi connectivity index (χ0n) is 17.4. The number of hydrogen-bond donors (Lipinski definition) is 2. The molecule has 3 N–H and O–H groups in total. The number of amides is 1. The molecule has 2 aromatic heterocycles. The SMILES string of the molecule is Cc1nc([C@](C)(O)C#Cc2ccc3c(c2)-c2nc(C(N)=O)c(C(F)(F)F)n2C=C2CC23)no1. The summed E-state index contributed by atoms with van der Waals surface area (Å²) in [7, 11) is 0. The van der Waals surface area contributed by atoms with E-state index in [0.29, 0.717) is 17.5 Å². The number of carbonyl (C=O) groups is 1. The van der Waals surface area contributed by atoms with Crippen molar-refractivity contribution in [2.75, 3.05) is 0 Å². The molecule has 8 nitrogen and oxygen atoms in total. The van der Waals surface area contributed by atoms with Crippen LogP contribution < -0.4 is 5.73 Å².